The Bertz CT molecular complexity index is 731. The first-order chi connectivity index (χ1) is 8.66. The first-order valence-electron chi connectivity index (χ1n) is 5.66. The van der Waals surface area contributed by atoms with Gasteiger partial charge in [0.05, 0.1) is 5.02 Å². The van der Waals surface area contributed by atoms with Gasteiger partial charge in [-0.2, -0.15) is 0 Å². The summed E-state index contributed by atoms with van der Waals surface area (Å²) in [6, 6.07) is 11.7. The number of hydrogen-bond donors (Lipinski definition) is 1. The minimum absolute atomic E-state index is 0.613. The van der Waals surface area contributed by atoms with E-state index in [9.17, 15) is 0 Å². The Labute approximate surface area is 110 Å². The second kappa shape index (κ2) is 4.03. The SMILES string of the molecule is Cc1ccccc1-c1nc2ccc(Cl)cn2c1N. The maximum atomic E-state index is 6.15. The van der Waals surface area contributed by atoms with Gasteiger partial charge in [-0.05, 0) is 24.6 Å². The van der Waals surface area contributed by atoms with Crippen LogP contribution in [0.25, 0.3) is 16.9 Å². The molecule has 0 saturated carbocycles. The smallest absolute Gasteiger partial charge is 0.139 e. The molecule has 0 spiro atoms. The molecule has 0 radical (unpaired) electrons. The molecule has 0 amide bonds. The van der Waals surface area contributed by atoms with Crippen LogP contribution in [0.4, 0.5) is 5.82 Å². The highest BCUT2D eigenvalue weighted by Crippen LogP contribution is 2.29. The van der Waals surface area contributed by atoms with Crippen LogP contribution < -0.4 is 5.73 Å². The fourth-order valence-electron chi connectivity index (χ4n) is 2.07. The maximum Gasteiger partial charge on any atom is 0.139 e. The van der Waals surface area contributed by atoms with Crippen LogP contribution in [0, 0.1) is 6.92 Å². The van der Waals surface area contributed by atoms with Crippen molar-refractivity contribution in [3.63, 3.8) is 0 Å². The molecule has 1 aromatic carbocycles. The fraction of sp³-hybridized carbons (Fsp3) is 0.0714. The number of halogens is 1. The molecule has 3 rings (SSSR count). The predicted molar refractivity (Wildman–Crippen MR) is 74.8 cm³/mol. The highest BCUT2D eigenvalue weighted by molar-refractivity contribution is 6.30. The molecule has 0 saturated heterocycles. The Morgan fingerprint density at radius 1 is 1.17 bits per heavy atom. The van der Waals surface area contributed by atoms with Crippen molar-refractivity contribution < 1.29 is 0 Å². The van der Waals surface area contributed by atoms with Gasteiger partial charge in [0, 0.05) is 11.8 Å². The molecule has 2 aromatic heterocycles. The van der Waals surface area contributed by atoms with E-state index in [0.717, 1.165) is 22.5 Å². The Hall–Kier alpha value is -2.00. The lowest BCUT2D eigenvalue weighted by Crippen LogP contribution is -1.94. The number of rotatable bonds is 1. The van der Waals surface area contributed by atoms with Crippen LogP contribution in [0.5, 0.6) is 0 Å². The van der Waals surface area contributed by atoms with Crippen molar-refractivity contribution in [1.29, 1.82) is 0 Å². The van der Waals surface area contributed by atoms with Crippen LogP contribution in [-0.4, -0.2) is 9.38 Å². The van der Waals surface area contributed by atoms with Gasteiger partial charge in [0.1, 0.15) is 17.2 Å². The number of pyridine rings is 1. The number of fused-ring (bicyclic) bond motifs is 1. The van der Waals surface area contributed by atoms with Crippen LogP contribution in [0.15, 0.2) is 42.6 Å². The Kier molecular flexibility index (Phi) is 2.49. The van der Waals surface area contributed by atoms with Crippen molar-refractivity contribution in [2.24, 2.45) is 0 Å². The molecule has 0 aliphatic heterocycles. The molecule has 4 heteroatoms. The van der Waals surface area contributed by atoms with E-state index in [-0.39, 0.29) is 0 Å². The number of imidazole rings is 1. The Balaban J connectivity index is 2.31. The molecule has 3 nitrogen and oxygen atoms in total. The average Bonchev–Trinajstić information content (AvgIpc) is 2.68. The third kappa shape index (κ3) is 1.64. The van der Waals surface area contributed by atoms with Crippen molar-refractivity contribution >= 4 is 23.1 Å². The zero-order valence-electron chi connectivity index (χ0n) is 9.89. The quantitative estimate of drug-likeness (QED) is 0.725. The van der Waals surface area contributed by atoms with Crippen molar-refractivity contribution in [3.8, 4) is 11.3 Å². The summed E-state index contributed by atoms with van der Waals surface area (Å²) in [5.74, 6) is 0.613. The third-order valence-electron chi connectivity index (χ3n) is 3.02. The molecule has 0 fully saturated rings. The van der Waals surface area contributed by atoms with Crippen LogP contribution in [0.1, 0.15) is 5.56 Å². The van der Waals surface area contributed by atoms with E-state index in [1.165, 1.54) is 0 Å². The number of hydrogen-bond acceptors (Lipinski definition) is 2. The van der Waals surface area contributed by atoms with E-state index in [2.05, 4.69) is 4.98 Å². The van der Waals surface area contributed by atoms with Crippen LogP contribution in [-0.2, 0) is 0 Å². The summed E-state index contributed by atoms with van der Waals surface area (Å²) in [4.78, 5) is 4.56. The maximum absolute atomic E-state index is 6.15. The summed E-state index contributed by atoms with van der Waals surface area (Å²) >= 11 is 5.97. The van der Waals surface area contributed by atoms with E-state index in [4.69, 9.17) is 17.3 Å². The summed E-state index contributed by atoms with van der Waals surface area (Å²) in [7, 11) is 0. The number of nitrogen functional groups attached to an aromatic ring is 1. The highest BCUT2D eigenvalue weighted by atomic mass is 35.5. The van der Waals surface area contributed by atoms with Gasteiger partial charge in [0.25, 0.3) is 0 Å². The zero-order chi connectivity index (χ0) is 12.7. The first kappa shape index (κ1) is 11.1. The summed E-state index contributed by atoms with van der Waals surface area (Å²) < 4.78 is 1.81. The molecule has 0 atom stereocenters. The summed E-state index contributed by atoms with van der Waals surface area (Å²) in [5, 5.41) is 0.642. The van der Waals surface area contributed by atoms with Crippen molar-refractivity contribution in [3.05, 3.63) is 53.2 Å². The summed E-state index contributed by atoms with van der Waals surface area (Å²) in [5.41, 5.74) is 9.96. The predicted octanol–water partition coefficient (Wildman–Crippen LogP) is 3.55. The number of nitrogens with zero attached hydrogens (tertiary/aromatic N) is 2. The van der Waals surface area contributed by atoms with Crippen LogP contribution in [0.3, 0.4) is 0 Å². The van der Waals surface area contributed by atoms with Crippen molar-refractivity contribution in [2.75, 3.05) is 5.73 Å². The molecular weight excluding hydrogens is 246 g/mol. The normalized spacial score (nSPS) is 11.0. The number of nitrogens with two attached hydrogens (primary N) is 1. The second-order valence-electron chi connectivity index (χ2n) is 4.24. The van der Waals surface area contributed by atoms with Crippen LogP contribution in [0.2, 0.25) is 5.02 Å². The molecule has 2 heterocycles. The summed E-state index contributed by atoms with van der Waals surface area (Å²) in [6.07, 6.45) is 1.78. The Morgan fingerprint density at radius 2 is 1.94 bits per heavy atom. The molecule has 0 unspecified atom stereocenters. The van der Waals surface area contributed by atoms with Gasteiger partial charge in [0.2, 0.25) is 0 Å². The minimum Gasteiger partial charge on any atom is -0.383 e. The fourth-order valence-corrected chi connectivity index (χ4v) is 2.23. The molecule has 0 aliphatic carbocycles. The van der Waals surface area contributed by atoms with Gasteiger partial charge < -0.3 is 5.73 Å². The van der Waals surface area contributed by atoms with Gasteiger partial charge >= 0.3 is 0 Å². The standard InChI is InChI=1S/C14H12ClN3/c1-9-4-2-3-5-11(9)13-14(16)18-8-10(15)6-7-12(18)17-13/h2-8H,16H2,1H3. The molecule has 0 aliphatic rings. The van der Waals surface area contributed by atoms with Crippen LogP contribution >= 0.6 is 11.6 Å². The molecule has 3 aromatic rings. The van der Waals surface area contributed by atoms with Gasteiger partial charge in [-0.15, -0.1) is 0 Å². The van der Waals surface area contributed by atoms with Gasteiger partial charge in [0.15, 0.2) is 0 Å². The lowest BCUT2D eigenvalue weighted by Gasteiger charge is -2.03. The largest absolute Gasteiger partial charge is 0.383 e. The number of benzene rings is 1. The van der Waals surface area contributed by atoms with E-state index >= 15 is 0 Å². The minimum atomic E-state index is 0.613. The zero-order valence-corrected chi connectivity index (χ0v) is 10.6. The lowest BCUT2D eigenvalue weighted by atomic mass is 10.1. The highest BCUT2D eigenvalue weighted by Gasteiger charge is 2.12. The topological polar surface area (TPSA) is 43.3 Å². The molecule has 18 heavy (non-hydrogen) atoms. The third-order valence-corrected chi connectivity index (χ3v) is 3.24. The first-order valence-corrected chi connectivity index (χ1v) is 6.03. The second-order valence-corrected chi connectivity index (χ2v) is 4.67. The number of aryl methyl sites for hydroxylation is 1. The van der Waals surface area contributed by atoms with E-state index in [1.807, 2.05) is 47.7 Å². The summed E-state index contributed by atoms with van der Waals surface area (Å²) in [6.45, 7) is 2.05. The van der Waals surface area contributed by atoms with Crippen molar-refractivity contribution in [2.45, 2.75) is 6.92 Å². The Morgan fingerprint density at radius 3 is 2.72 bits per heavy atom. The number of anilines is 1. The number of aromatic nitrogens is 2. The lowest BCUT2D eigenvalue weighted by molar-refractivity contribution is 1.20. The average molecular weight is 258 g/mol. The van der Waals surface area contributed by atoms with E-state index < -0.39 is 0 Å². The van der Waals surface area contributed by atoms with Crippen molar-refractivity contribution in [1.82, 2.24) is 9.38 Å². The molecule has 0 bridgehead atoms. The van der Waals surface area contributed by atoms with E-state index in [1.54, 1.807) is 6.20 Å². The van der Waals surface area contributed by atoms with Gasteiger partial charge in [-0.1, -0.05) is 35.9 Å². The molecule has 90 valence electrons. The molecule has 2 N–H and O–H groups in total. The van der Waals surface area contributed by atoms with E-state index in [0.29, 0.717) is 10.8 Å². The van der Waals surface area contributed by atoms with Gasteiger partial charge in [-0.25, -0.2) is 4.98 Å². The monoisotopic (exact) mass is 257 g/mol. The van der Waals surface area contributed by atoms with Gasteiger partial charge in [-0.3, -0.25) is 4.40 Å². The molecular formula is C14H12ClN3.